The van der Waals surface area contributed by atoms with Crippen molar-refractivity contribution in [3.63, 3.8) is 0 Å². The van der Waals surface area contributed by atoms with Gasteiger partial charge in [0.15, 0.2) is 0 Å². The van der Waals surface area contributed by atoms with Gasteiger partial charge in [-0.25, -0.2) is 0 Å². The van der Waals surface area contributed by atoms with Crippen LogP contribution in [0.4, 0.5) is 0 Å². The highest BCUT2D eigenvalue weighted by Crippen LogP contribution is 2.11. The van der Waals surface area contributed by atoms with Gasteiger partial charge in [-0.15, -0.1) is 0 Å². The zero-order valence-electron chi connectivity index (χ0n) is 14.0. The van der Waals surface area contributed by atoms with E-state index in [1.165, 1.54) is 11.1 Å². The standard InChI is InChI=1S/C22H20N2O/c25-18-22-13-7-12-21(14-22)15-23-24(16-19-8-3-1-4-9-19)17-20-10-5-2-6-11-20/h1-15,18H,16-17H2. The highest BCUT2D eigenvalue weighted by atomic mass is 16.1. The third-order valence-electron chi connectivity index (χ3n) is 3.83. The minimum atomic E-state index is 0.654. The molecule has 0 fully saturated rings. The summed E-state index contributed by atoms with van der Waals surface area (Å²) in [5, 5.41) is 6.68. The Morgan fingerprint density at radius 1 is 0.720 bits per heavy atom. The summed E-state index contributed by atoms with van der Waals surface area (Å²) in [6, 6.07) is 28.0. The van der Waals surface area contributed by atoms with Crippen LogP contribution < -0.4 is 0 Å². The molecule has 0 atom stereocenters. The maximum absolute atomic E-state index is 10.9. The van der Waals surface area contributed by atoms with E-state index in [9.17, 15) is 4.79 Å². The molecule has 0 saturated heterocycles. The molecule has 0 aliphatic carbocycles. The molecule has 0 saturated carbocycles. The fourth-order valence-electron chi connectivity index (χ4n) is 2.59. The first-order valence-electron chi connectivity index (χ1n) is 8.25. The second kappa shape index (κ2) is 8.60. The smallest absolute Gasteiger partial charge is 0.150 e. The van der Waals surface area contributed by atoms with Crippen molar-refractivity contribution in [2.24, 2.45) is 5.10 Å². The normalized spacial score (nSPS) is 10.7. The predicted octanol–water partition coefficient (Wildman–Crippen LogP) is 4.54. The maximum Gasteiger partial charge on any atom is 0.150 e. The Morgan fingerprint density at radius 2 is 1.28 bits per heavy atom. The Kier molecular flexibility index (Phi) is 5.73. The van der Waals surface area contributed by atoms with Crippen LogP contribution in [0.5, 0.6) is 0 Å². The van der Waals surface area contributed by atoms with Gasteiger partial charge in [-0.1, -0.05) is 78.9 Å². The molecule has 0 spiro atoms. The number of carbonyl (C=O) groups excluding carboxylic acids is 1. The number of hydrogen-bond acceptors (Lipinski definition) is 3. The summed E-state index contributed by atoms with van der Waals surface area (Å²) in [4.78, 5) is 10.9. The Morgan fingerprint density at radius 3 is 1.84 bits per heavy atom. The molecule has 0 aliphatic heterocycles. The third-order valence-corrected chi connectivity index (χ3v) is 3.83. The molecule has 0 radical (unpaired) electrons. The third kappa shape index (κ3) is 5.15. The number of nitrogens with zero attached hydrogens (tertiary/aromatic N) is 2. The molecule has 124 valence electrons. The molecule has 3 rings (SSSR count). The molecule has 0 N–H and O–H groups in total. The zero-order valence-corrected chi connectivity index (χ0v) is 14.0. The van der Waals surface area contributed by atoms with E-state index >= 15 is 0 Å². The summed E-state index contributed by atoms with van der Waals surface area (Å²) in [5.41, 5.74) is 3.98. The van der Waals surface area contributed by atoms with Crippen molar-refractivity contribution < 1.29 is 4.79 Å². The minimum Gasteiger partial charge on any atom is -0.298 e. The summed E-state index contributed by atoms with van der Waals surface area (Å²) in [7, 11) is 0. The minimum absolute atomic E-state index is 0.654. The molecule has 3 aromatic carbocycles. The van der Waals surface area contributed by atoms with Gasteiger partial charge in [-0.05, 0) is 22.8 Å². The molecule has 3 heteroatoms. The van der Waals surface area contributed by atoms with E-state index in [4.69, 9.17) is 0 Å². The molecule has 0 heterocycles. The van der Waals surface area contributed by atoms with Crippen molar-refractivity contribution >= 4 is 12.5 Å². The summed E-state index contributed by atoms with van der Waals surface area (Å²) >= 11 is 0. The SMILES string of the molecule is O=Cc1cccc(C=NN(Cc2ccccc2)Cc2ccccc2)c1. The summed E-state index contributed by atoms with van der Waals surface area (Å²) in [5.74, 6) is 0. The molecule has 25 heavy (non-hydrogen) atoms. The van der Waals surface area contributed by atoms with Crippen molar-refractivity contribution in [2.45, 2.75) is 13.1 Å². The van der Waals surface area contributed by atoms with Crippen LogP contribution >= 0.6 is 0 Å². The van der Waals surface area contributed by atoms with E-state index in [-0.39, 0.29) is 0 Å². The Hall–Kier alpha value is -3.20. The van der Waals surface area contributed by atoms with Gasteiger partial charge in [0.1, 0.15) is 6.29 Å². The molecule has 0 amide bonds. The Labute approximate surface area is 148 Å². The van der Waals surface area contributed by atoms with Crippen molar-refractivity contribution in [2.75, 3.05) is 0 Å². The Balaban J connectivity index is 1.79. The van der Waals surface area contributed by atoms with E-state index in [0.717, 1.165) is 24.9 Å². The first-order valence-corrected chi connectivity index (χ1v) is 8.25. The van der Waals surface area contributed by atoms with Crippen LogP contribution in [0.3, 0.4) is 0 Å². The molecule has 3 nitrogen and oxygen atoms in total. The number of benzene rings is 3. The fourth-order valence-corrected chi connectivity index (χ4v) is 2.59. The van der Waals surface area contributed by atoms with Crippen molar-refractivity contribution in [3.8, 4) is 0 Å². The van der Waals surface area contributed by atoms with Gasteiger partial charge >= 0.3 is 0 Å². The lowest BCUT2D eigenvalue weighted by Gasteiger charge is -2.19. The van der Waals surface area contributed by atoms with E-state index in [0.29, 0.717) is 5.56 Å². The van der Waals surface area contributed by atoms with Crippen molar-refractivity contribution in [1.29, 1.82) is 0 Å². The molecule has 0 unspecified atom stereocenters. The lowest BCUT2D eigenvalue weighted by atomic mass is 10.1. The summed E-state index contributed by atoms with van der Waals surface area (Å²) < 4.78 is 0. The molecule has 0 bridgehead atoms. The molecular weight excluding hydrogens is 308 g/mol. The fraction of sp³-hybridized carbons (Fsp3) is 0.0909. The molecular formula is C22H20N2O. The van der Waals surface area contributed by atoms with Gasteiger partial charge in [0.05, 0.1) is 19.3 Å². The van der Waals surface area contributed by atoms with E-state index in [1.807, 2.05) is 59.6 Å². The van der Waals surface area contributed by atoms with Crippen LogP contribution in [-0.4, -0.2) is 17.5 Å². The maximum atomic E-state index is 10.9. The van der Waals surface area contributed by atoms with Crippen LogP contribution in [0.15, 0.2) is 90.0 Å². The van der Waals surface area contributed by atoms with Crippen LogP contribution in [0, 0.1) is 0 Å². The lowest BCUT2D eigenvalue weighted by molar-refractivity contribution is 0.112. The van der Waals surface area contributed by atoms with E-state index in [2.05, 4.69) is 29.4 Å². The largest absolute Gasteiger partial charge is 0.298 e. The van der Waals surface area contributed by atoms with Gasteiger partial charge in [0, 0.05) is 5.56 Å². The Bertz CT molecular complexity index is 787. The second-order valence-corrected chi connectivity index (χ2v) is 5.83. The van der Waals surface area contributed by atoms with Gasteiger partial charge in [0.25, 0.3) is 0 Å². The summed E-state index contributed by atoms with van der Waals surface area (Å²) in [6.45, 7) is 1.44. The van der Waals surface area contributed by atoms with Crippen LogP contribution in [0.1, 0.15) is 27.0 Å². The topological polar surface area (TPSA) is 32.7 Å². The average molecular weight is 328 g/mol. The zero-order chi connectivity index (χ0) is 17.3. The number of aldehydes is 1. The van der Waals surface area contributed by atoms with Gasteiger partial charge in [-0.2, -0.15) is 5.10 Å². The van der Waals surface area contributed by atoms with Crippen LogP contribution in [0.25, 0.3) is 0 Å². The number of hydrogen-bond donors (Lipinski definition) is 0. The first kappa shape index (κ1) is 16.7. The van der Waals surface area contributed by atoms with Crippen LogP contribution in [0.2, 0.25) is 0 Å². The first-order chi connectivity index (χ1) is 12.3. The van der Waals surface area contributed by atoms with Gasteiger partial charge in [-0.3, -0.25) is 9.80 Å². The predicted molar refractivity (Wildman–Crippen MR) is 102 cm³/mol. The quantitative estimate of drug-likeness (QED) is 0.362. The highest BCUT2D eigenvalue weighted by molar-refractivity contribution is 5.84. The highest BCUT2D eigenvalue weighted by Gasteiger charge is 2.04. The van der Waals surface area contributed by atoms with Crippen LogP contribution in [-0.2, 0) is 13.1 Å². The van der Waals surface area contributed by atoms with E-state index in [1.54, 1.807) is 12.3 Å². The van der Waals surface area contributed by atoms with Crippen molar-refractivity contribution in [1.82, 2.24) is 5.01 Å². The number of carbonyl (C=O) groups is 1. The van der Waals surface area contributed by atoms with E-state index < -0.39 is 0 Å². The number of hydrazone groups is 1. The summed E-state index contributed by atoms with van der Waals surface area (Å²) in [6.07, 6.45) is 2.65. The molecule has 0 aromatic heterocycles. The monoisotopic (exact) mass is 328 g/mol. The van der Waals surface area contributed by atoms with Gasteiger partial charge < -0.3 is 0 Å². The van der Waals surface area contributed by atoms with Crippen molar-refractivity contribution in [3.05, 3.63) is 107 Å². The van der Waals surface area contributed by atoms with Gasteiger partial charge in [0.2, 0.25) is 0 Å². The average Bonchev–Trinajstić information content (AvgIpc) is 2.68. The number of rotatable bonds is 7. The lowest BCUT2D eigenvalue weighted by Crippen LogP contribution is -2.17. The molecule has 3 aromatic rings. The second-order valence-electron chi connectivity index (χ2n) is 5.83. The molecule has 0 aliphatic rings.